The zero-order valence-electron chi connectivity index (χ0n) is 17.4. The molecule has 6 heteroatoms. The Morgan fingerprint density at radius 3 is 2.83 bits per heavy atom. The number of nitrogens with zero attached hydrogens (tertiary/aromatic N) is 1. The van der Waals surface area contributed by atoms with Gasteiger partial charge in [-0.3, -0.25) is 0 Å². The second kappa shape index (κ2) is 11.6. The predicted molar refractivity (Wildman–Crippen MR) is 106 cm³/mol. The molecule has 0 unspecified atom stereocenters. The molecule has 1 heterocycles. The Morgan fingerprint density at radius 2 is 2.10 bits per heavy atom. The van der Waals surface area contributed by atoms with E-state index in [1.165, 1.54) is 17.3 Å². The van der Waals surface area contributed by atoms with E-state index in [1.807, 2.05) is 12.1 Å². The van der Waals surface area contributed by atoms with Crippen molar-refractivity contribution in [1.82, 2.24) is 0 Å². The van der Waals surface area contributed by atoms with Crippen LogP contribution in [0.5, 0.6) is 5.75 Å². The summed E-state index contributed by atoms with van der Waals surface area (Å²) in [5.74, 6) is -0.731. The minimum absolute atomic E-state index is 0. The summed E-state index contributed by atoms with van der Waals surface area (Å²) in [5, 5.41) is 10.6. The molecule has 0 aliphatic carbocycles. The van der Waals surface area contributed by atoms with Crippen molar-refractivity contribution in [3.8, 4) is 5.75 Å². The molecule has 0 atom stereocenters. The summed E-state index contributed by atoms with van der Waals surface area (Å²) in [6.07, 6.45) is 4.45. The van der Waals surface area contributed by atoms with Crippen molar-refractivity contribution in [3.63, 3.8) is 0 Å². The zero-order chi connectivity index (χ0) is 19.9. The van der Waals surface area contributed by atoms with E-state index < -0.39 is 11.8 Å². The Bertz CT molecular complexity index is 828. The van der Waals surface area contributed by atoms with Crippen molar-refractivity contribution in [1.29, 1.82) is 0 Å². The molecule has 0 amide bonds. The number of ether oxygens (including phenoxy) is 1. The number of anilines is 1. The number of aliphatic carboxylic acids is 1. The Balaban J connectivity index is 0.00000300. The minimum Gasteiger partial charge on any atom is -0.550 e. The van der Waals surface area contributed by atoms with Gasteiger partial charge in [-0.2, -0.15) is 0 Å². The fourth-order valence-corrected chi connectivity index (χ4v) is 3.67. The Morgan fingerprint density at radius 1 is 1.28 bits per heavy atom. The Kier molecular flexibility index (Phi) is 9.47. The second-order valence-electron chi connectivity index (χ2n) is 7.29. The van der Waals surface area contributed by atoms with Crippen molar-refractivity contribution in [2.24, 2.45) is 0 Å². The van der Waals surface area contributed by atoms with E-state index in [-0.39, 0.29) is 49.0 Å². The van der Waals surface area contributed by atoms with Crippen molar-refractivity contribution in [2.45, 2.75) is 52.1 Å². The third-order valence-corrected chi connectivity index (χ3v) is 5.16. The van der Waals surface area contributed by atoms with Crippen molar-refractivity contribution in [2.75, 3.05) is 18.0 Å². The minimum atomic E-state index is -1.17. The van der Waals surface area contributed by atoms with Crippen LogP contribution in [0.2, 0.25) is 0 Å². The standard InChI is InChI=1S/C23H28FNO3.Na/c1-2-3-13-25-14-5-7-19-6-4-8-21(23(19)25)28-16-17-9-10-18(20(24)15-17)11-12-22(26)27;/h4,6,8-10,15H,2-3,5,7,11-14,16H2,1H3,(H,26,27);/q;+1/p-1. The molecule has 150 valence electrons. The van der Waals surface area contributed by atoms with Gasteiger partial charge in [-0.1, -0.05) is 37.6 Å². The quantitative estimate of drug-likeness (QED) is 0.573. The molecule has 29 heavy (non-hydrogen) atoms. The van der Waals surface area contributed by atoms with Crippen LogP contribution in [0.1, 0.15) is 49.3 Å². The van der Waals surface area contributed by atoms with Crippen molar-refractivity contribution >= 4 is 11.7 Å². The van der Waals surface area contributed by atoms with Gasteiger partial charge in [0.25, 0.3) is 0 Å². The topological polar surface area (TPSA) is 52.6 Å². The van der Waals surface area contributed by atoms with Gasteiger partial charge in [0, 0.05) is 19.1 Å². The smallest absolute Gasteiger partial charge is 0.550 e. The molecule has 0 N–H and O–H groups in total. The maximum absolute atomic E-state index is 14.2. The largest absolute Gasteiger partial charge is 1.00 e. The molecule has 0 aromatic heterocycles. The number of aryl methyl sites for hydroxylation is 2. The predicted octanol–water partition coefficient (Wildman–Crippen LogP) is 0.644. The first-order valence-corrected chi connectivity index (χ1v) is 10.0. The first kappa shape index (κ1) is 23.7. The zero-order valence-corrected chi connectivity index (χ0v) is 19.4. The molecular weight excluding hydrogens is 380 g/mol. The van der Waals surface area contributed by atoms with Gasteiger partial charge < -0.3 is 19.5 Å². The molecule has 3 rings (SSSR count). The summed E-state index contributed by atoms with van der Waals surface area (Å²) >= 11 is 0. The van der Waals surface area contributed by atoms with Gasteiger partial charge in [0.2, 0.25) is 0 Å². The maximum Gasteiger partial charge on any atom is 1.00 e. The summed E-state index contributed by atoms with van der Waals surface area (Å²) in [6, 6.07) is 11.0. The van der Waals surface area contributed by atoms with Crippen LogP contribution in [0.15, 0.2) is 36.4 Å². The van der Waals surface area contributed by atoms with Crippen LogP contribution in [0.25, 0.3) is 0 Å². The SMILES string of the molecule is CCCCN1CCCc2cccc(OCc3ccc(CCC(=O)[O-])c(F)c3)c21.[Na+]. The van der Waals surface area contributed by atoms with E-state index >= 15 is 0 Å². The number of carboxylic acids is 1. The number of carboxylic acid groups (broad SMARTS) is 1. The Labute approximate surface area is 194 Å². The molecule has 0 saturated heterocycles. The summed E-state index contributed by atoms with van der Waals surface area (Å²) in [6.45, 7) is 4.52. The summed E-state index contributed by atoms with van der Waals surface area (Å²) < 4.78 is 20.3. The average molecular weight is 407 g/mol. The van der Waals surface area contributed by atoms with Gasteiger partial charge in [0.1, 0.15) is 18.2 Å². The summed E-state index contributed by atoms with van der Waals surface area (Å²) in [7, 11) is 0. The first-order valence-electron chi connectivity index (χ1n) is 10.0. The summed E-state index contributed by atoms with van der Waals surface area (Å²) in [5.41, 5.74) is 3.59. The Hall–Kier alpha value is -1.56. The van der Waals surface area contributed by atoms with Crippen molar-refractivity contribution in [3.05, 3.63) is 58.9 Å². The molecule has 4 nitrogen and oxygen atoms in total. The maximum atomic E-state index is 14.2. The monoisotopic (exact) mass is 407 g/mol. The number of hydrogen-bond acceptors (Lipinski definition) is 4. The molecule has 0 fully saturated rings. The average Bonchev–Trinajstić information content (AvgIpc) is 2.69. The van der Waals surface area contributed by atoms with Gasteiger partial charge in [-0.15, -0.1) is 0 Å². The fraction of sp³-hybridized carbons (Fsp3) is 0.435. The number of carbonyl (C=O) groups is 1. The van der Waals surface area contributed by atoms with Gasteiger partial charge >= 0.3 is 29.6 Å². The molecule has 2 aromatic rings. The molecular formula is C23H27FNNaO3. The molecule has 1 aliphatic rings. The van der Waals surface area contributed by atoms with Crippen LogP contribution < -0.4 is 44.3 Å². The molecule has 0 bridgehead atoms. The molecule has 2 aromatic carbocycles. The van der Waals surface area contributed by atoms with Crippen LogP contribution in [-0.4, -0.2) is 19.1 Å². The number of hydrogen-bond donors (Lipinski definition) is 0. The normalized spacial score (nSPS) is 12.8. The summed E-state index contributed by atoms with van der Waals surface area (Å²) in [4.78, 5) is 13.0. The van der Waals surface area contributed by atoms with E-state index in [1.54, 1.807) is 12.1 Å². The number of halogens is 1. The van der Waals surface area contributed by atoms with Crippen LogP contribution in [0.4, 0.5) is 10.1 Å². The first-order chi connectivity index (χ1) is 13.6. The molecule has 0 spiro atoms. The number of benzene rings is 2. The molecule has 1 aliphatic heterocycles. The van der Waals surface area contributed by atoms with E-state index in [4.69, 9.17) is 4.74 Å². The third-order valence-electron chi connectivity index (χ3n) is 5.16. The van der Waals surface area contributed by atoms with Gasteiger partial charge in [-0.05, 0) is 60.9 Å². The van der Waals surface area contributed by atoms with Crippen molar-refractivity contribution < 1.29 is 48.6 Å². The number of rotatable bonds is 9. The van der Waals surface area contributed by atoms with Crippen LogP contribution >= 0.6 is 0 Å². The molecule has 0 radical (unpaired) electrons. The molecule has 0 saturated carbocycles. The number of unbranched alkanes of at least 4 members (excludes halogenated alkanes) is 1. The van der Waals surface area contributed by atoms with E-state index in [0.717, 1.165) is 50.1 Å². The van der Waals surface area contributed by atoms with Crippen LogP contribution in [0, 0.1) is 5.82 Å². The van der Waals surface area contributed by atoms with Crippen LogP contribution in [-0.2, 0) is 24.2 Å². The van der Waals surface area contributed by atoms with E-state index in [0.29, 0.717) is 5.56 Å². The number of carbonyl (C=O) groups excluding carboxylic acids is 1. The fourth-order valence-electron chi connectivity index (χ4n) is 3.67. The van der Waals surface area contributed by atoms with Gasteiger partial charge in [0.15, 0.2) is 0 Å². The second-order valence-corrected chi connectivity index (χ2v) is 7.29. The van der Waals surface area contributed by atoms with Gasteiger partial charge in [0.05, 0.1) is 5.69 Å². The van der Waals surface area contributed by atoms with E-state index in [2.05, 4.69) is 17.9 Å². The van der Waals surface area contributed by atoms with Gasteiger partial charge in [-0.25, -0.2) is 4.39 Å². The number of para-hydroxylation sites is 1. The number of fused-ring (bicyclic) bond motifs is 1. The van der Waals surface area contributed by atoms with E-state index in [9.17, 15) is 14.3 Å². The van der Waals surface area contributed by atoms with Crippen LogP contribution in [0.3, 0.4) is 0 Å². The third kappa shape index (κ3) is 6.46.